The predicted molar refractivity (Wildman–Crippen MR) is 125 cm³/mol. The molecule has 0 unspecified atom stereocenters. The Labute approximate surface area is 187 Å². The first-order valence-corrected chi connectivity index (χ1v) is 11.1. The first-order valence-electron chi connectivity index (χ1n) is 11.1. The molecule has 0 saturated carbocycles. The number of benzene rings is 3. The van der Waals surface area contributed by atoms with E-state index in [1.165, 1.54) is 47.5 Å². The molecule has 0 saturated heterocycles. The Morgan fingerprint density at radius 3 is 2.34 bits per heavy atom. The second-order valence-electron chi connectivity index (χ2n) is 8.27. The molecule has 1 N–H and O–H groups in total. The quantitative estimate of drug-likeness (QED) is 0.413. The van der Waals surface area contributed by atoms with Crippen molar-refractivity contribution in [3.63, 3.8) is 0 Å². The number of rotatable bonds is 5. The predicted octanol–water partition coefficient (Wildman–Crippen LogP) is 6.09. The summed E-state index contributed by atoms with van der Waals surface area (Å²) in [4.78, 5) is 12.6. The molecule has 1 aliphatic rings. The fourth-order valence-electron chi connectivity index (χ4n) is 4.46. The van der Waals surface area contributed by atoms with Crippen LogP contribution in [0.2, 0.25) is 0 Å². The average Bonchev–Trinajstić information content (AvgIpc) is 3.24. The molecule has 1 aromatic heterocycles. The van der Waals surface area contributed by atoms with Gasteiger partial charge in [-0.1, -0.05) is 42.5 Å². The van der Waals surface area contributed by atoms with Crippen molar-refractivity contribution in [2.24, 2.45) is 0 Å². The van der Waals surface area contributed by atoms with Gasteiger partial charge in [0.1, 0.15) is 5.82 Å². The van der Waals surface area contributed by atoms with Crippen LogP contribution in [0.25, 0.3) is 16.9 Å². The molecule has 32 heavy (non-hydrogen) atoms. The number of carbonyl (C=O) groups excluding carboxylic acids is 1. The SMILES string of the molecule is O=C(NCc1ccc(F)cc1)c1ccc(-n2c(-c3ccccc3)cc3c2CCCC3)cc1. The van der Waals surface area contributed by atoms with Crippen LogP contribution in [0.5, 0.6) is 0 Å². The molecule has 3 nitrogen and oxygen atoms in total. The van der Waals surface area contributed by atoms with Gasteiger partial charge in [0.25, 0.3) is 5.91 Å². The molecule has 0 bridgehead atoms. The van der Waals surface area contributed by atoms with Crippen LogP contribution in [0.1, 0.15) is 40.0 Å². The van der Waals surface area contributed by atoms with Crippen molar-refractivity contribution >= 4 is 5.91 Å². The maximum Gasteiger partial charge on any atom is 0.251 e. The summed E-state index contributed by atoms with van der Waals surface area (Å²) >= 11 is 0. The molecule has 160 valence electrons. The van der Waals surface area contributed by atoms with Crippen molar-refractivity contribution < 1.29 is 9.18 Å². The van der Waals surface area contributed by atoms with E-state index in [0.717, 1.165) is 24.1 Å². The Kier molecular flexibility index (Phi) is 5.59. The Morgan fingerprint density at radius 1 is 0.875 bits per heavy atom. The van der Waals surface area contributed by atoms with E-state index < -0.39 is 0 Å². The number of aryl methyl sites for hydroxylation is 1. The molecule has 4 aromatic rings. The van der Waals surface area contributed by atoms with Gasteiger partial charge in [0.15, 0.2) is 0 Å². The third-order valence-electron chi connectivity index (χ3n) is 6.13. The van der Waals surface area contributed by atoms with Crippen molar-refractivity contribution in [2.75, 3.05) is 0 Å². The number of hydrogen-bond donors (Lipinski definition) is 1. The minimum Gasteiger partial charge on any atom is -0.348 e. The summed E-state index contributed by atoms with van der Waals surface area (Å²) in [7, 11) is 0. The zero-order valence-corrected chi connectivity index (χ0v) is 17.9. The molecule has 0 spiro atoms. The van der Waals surface area contributed by atoms with Crippen LogP contribution in [0.15, 0.2) is 84.9 Å². The van der Waals surface area contributed by atoms with E-state index in [-0.39, 0.29) is 11.7 Å². The lowest BCUT2D eigenvalue weighted by Crippen LogP contribution is -2.22. The highest BCUT2D eigenvalue weighted by atomic mass is 19.1. The molecule has 4 heteroatoms. The van der Waals surface area contributed by atoms with E-state index in [2.05, 4.69) is 40.2 Å². The molecule has 0 fully saturated rings. The molecule has 5 rings (SSSR count). The van der Waals surface area contributed by atoms with Crippen molar-refractivity contribution in [3.05, 3.63) is 113 Å². The Bertz CT molecular complexity index is 1230. The molecule has 1 heterocycles. The van der Waals surface area contributed by atoms with Crippen molar-refractivity contribution in [3.8, 4) is 16.9 Å². The highest BCUT2D eigenvalue weighted by Gasteiger charge is 2.20. The number of hydrogen-bond acceptors (Lipinski definition) is 1. The van der Waals surface area contributed by atoms with Gasteiger partial charge >= 0.3 is 0 Å². The first kappa shape index (κ1) is 20.3. The summed E-state index contributed by atoms with van der Waals surface area (Å²) in [6.45, 7) is 0.365. The van der Waals surface area contributed by atoms with Gasteiger partial charge < -0.3 is 9.88 Å². The average molecular weight is 425 g/mol. The van der Waals surface area contributed by atoms with Gasteiger partial charge in [-0.05, 0) is 84.8 Å². The summed E-state index contributed by atoms with van der Waals surface area (Å²) in [6.07, 6.45) is 4.63. The van der Waals surface area contributed by atoms with Gasteiger partial charge in [-0.2, -0.15) is 0 Å². The second-order valence-corrected chi connectivity index (χ2v) is 8.27. The van der Waals surface area contributed by atoms with Gasteiger partial charge in [-0.25, -0.2) is 4.39 Å². The molecular weight excluding hydrogens is 399 g/mol. The lowest BCUT2D eigenvalue weighted by Gasteiger charge is -2.18. The van der Waals surface area contributed by atoms with Crippen LogP contribution in [-0.2, 0) is 19.4 Å². The van der Waals surface area contributed by atoms with Gasteiger partial charge in [0.05, 0.1) is 5.69 Å². The van der Waals surface area contributed by atoms with Gasteiger partial charge in [-0.15, -0.1) is 0 Å². The monoisotopic (exact) mass is 424 g/mol. The van der Waals surface area contributed by atoms with E-state index in [1.54, 1.807) is 12.1 Å². The minimum atomic E-state index is -0.280. The molecule has 3 aromatic carbocycles. The maximum atomic E-state index is 13.1. The third-order valence-corrected chi connectivity index (χ3v) is 6.13. The molecular formula is C28H25FN2O. The van der Waals surface area contributed by atoms with Gasteiger partial charge in [-0.3, -0.25) is 4.79 Å². The molecule has 1 aliphatic carbocycles. The molecule has 0 radical (unpaired) electrons. The Morgan fingerprint density at radius 2 is 1.59 bits per heavy atom. The summed E-state index contributed by atoms with van der Waals surface area (Å²) in [6, 6.07) is 26.8. The van der Waals surface area contributed by atoms with Crippen molar-refractivity contribution in [2.45, 2.75) is 32.2 Å². The van der Waals surface area contributed by atoms with E-state index in [9.17, 15) is 9.18 Å². The zero-order valence-electron chi connectivity index (χ0n) is 17.9. The second kappa shape index (κ2) is 8.83. The fourth-order valence-corrected chi connectivity index (χ4v) is 4.46. The third kappa shape index (κ3) is 4.09. The van der Waals surface area contributed by atoms with E-state index >= 15 is 0 Å². The van der Waals surface area contributed by atoms with Crippen molar-refractivity contribution in [1.82, 2.24) is 9.88 Å². The highest BCUT2D eigenvalue weighted by molar-refractivity contribution is 5.94. The lowest BCUT2D eigenvalue weighted by molar-refractivity contribution is 0.0951. The summed E-state index contributed by atoms with van der Waals surface area (Å²) in [5, 5.41) is 2.91. The molecule has 0 atom stereocenters. The number of fused-ring (bicyclic) bond motifs is 1. The van der Waals surface area contributed by atoms with Crippen LogP contribution in [0, 0.1) is 5.82 Å². The van der Waals surface area contributed by atoms with Crippen LogP contribution < -0.4 is 5.32 Å². The normalized spacial score (nSPS) is 12.9. The van der Waals surface area contributed by atoms with Gasteiger partial charge in [0, 0.05) is 23.5 Å². The van der Waals surface area contributed by atoms with E-state index in [1.807, 2.05) is 30.3 Å². The van der Waals surface area contributed by atoms with Crippen LogP contribution in [0.3, 0.4) is 0 Å². The zero-order chi connectivity index (χ0) is 21.9. The van der Waals surface area contributed by atoms with Crippen molar-refractivity contribution in [1.29, 1.82) is 0 Å². The minimum absolute atomic E-state index is 0.140. The molecule has 1 amide bonds. The number of carbonyl (C=O) groups is 1. The summed E-state index contributed by atoms with van der Waals surface area (Å²) in [5.41, 5.74) is 7.75. The number of aromatic nitrogens is 1. The number of nitrogens with zero attached hydrogens (tertiary/aromatic N) is 1. The Hall–Kier alpha value is -3.66. The smallest absolute Gasteiger partial charge is 0.251 e. The fraction of sp³-hybridized carbons (Fsp3) is 0.179. The van der Waals surface area contributed by atoms with Crippen LogP contribution >= 0.6 is 0 Å². The summed E-state index contributed by atoms with van der Waals surface area (Å²) in [5.74, 6) is -0.420. The highest BCUT2D eigenvalue weighted by Crippen LogP contribution is 2.33. The van der Waals surface area contributed by atoms with Gasteiger partial charge in [0.2, 0.25) is 0 Å². The van der Waals surface area contributed by atoms with Crippen LogP contribution in [-0.4, -0.2) is 10.5 Å². The molecule has 0 aliphatic heterocycles. The largest absolute Gasteiger partial charge is 0.348 e. The summed E-state index contributed by atoms with van der Waals surface area (Å²) < 4.78 is 15.4. The number of nitrogens with one attached hydrogen (secondary N) is 1. The maximum absolute atomic E-state index is 13.1. The topological polar surface area (TPSA) is 34.0 Å². The Balaban J connectivity index is 1.41. The van der Waals surface area contributed by atoms with Crippen LogP contribution in [0.4, 0.5) is 4.39 Å². The van der Waals surface area contributed by atoms with E-state index in [4.69, 9.17) is 0 Å². The number of amides is 1. The number of halogens is 1. The standard InChI is InChI=1S/C28H25FN2O/c29-24-14-10-20(11-15-24)19-30-28(32)22-12-16-25(17-13-22)31-26-9-5-4-8-23(26)18-27(31)21-6-2-1-3-7-21/h1-3,6-7,10-18H,4-5,8-9,19H2,(H,30,32). The first-order chi connectivity index (χ1) is 15.7. The van der Waals surface area contributed by atoms with E-state index in [0.29, 0.717) is 12.1 Å². The lowest BCUT2D eigenvalue weighted by atomic mass is 9.98.